The van der Waals surface area contributed by atoms with Crippen LogP contribution in [0.1, 0.15) is 19.4 Å². The SMILES string of the molecule is Cc1cnc(Cl)nc1N=C1/C=C\CN(C(C)C)COC1. The maximum absolute atomic E-state index is 5.80. The Balaban J connectivity index is 2.16. The molecule has 0 bridgehead atoms. The van der Waals surface area contributed by atoms with Crippen LogP contribution in [0.5, 0.6) is 0 Å². The molecule has 5 nitrogen and oxygen atoms in total. The Hall–Kier alpha value is -1.30. The minimum Gasteiger partial charge on any atom is -0.360 e. The van der Waals surface area contributed by atoms with Crippen molar-refractivity contribution < 1.29 is 4.74 Å². The topological polar surface area (TPSA) is 50.6 Å². The fourth-order valence-corrected chi connectivity index (χ4v) is 1.91. The number of hydrogen-bond donors (Lipinski definition) is 0. The summed E-state index contributed by atoms with van der Waals surface area (Å²) in [5.41, 5.74) is 1.73. The Labute approximate surface area is 124 Å². The van der Waals surface area contributed by atoms with Gasteiger partial charge >= 0.3 is 0 Å². The minimum absolute atomic E-state index is 0.205. The van der Waals surface area contributed by atoms with Gasteiger partial charge in [-0.05, 0) is 38.4 Å². The highest BCUT2D eigenvalue weighted by atomic mass is 35.5. The molecular weight excluding hydrogens is 276 g/mol. The first-order chi connectivity index (χ1) is 9.56. The molecule has 108 valence electrons. The predicted molar refractivity (Wildman–Crippen MR) is 80.7 cm³/mol. The summed E-state index contributed by atoms with van der Waals surface area (Å²) in [6, 6.07) is 0.459. The van der Waals surface area contributed by atoms with Crippen LogP contribution in [0.15, 0.2) is 23.3 Å². The maximum Gasteiger partial charge on any atom is 0.224 e. The van der Waals surface area contributed by atoms with Gasteiger partial charge in [-0.1, -0.05) is 6.08 Å². The summed E-state index contributed by atoms with van der Waals surface area (Å²) in [6.45, 7) is 8.12. The molecule has 0 N–H and O–H groups in total. The second-order valence-electron chi connectivity index (χ2n) is 4.99. The molecule has 0 saturated heterocycles. The molecular formula is C14H19ClN4O. The molecule has 0 aromatic carbocycles. The number of hydrogen-bond acceptors (Lipinski definition) is 5. The van der Waals surface area contributed by atoms with Crippen molar-refractivity contribution in [2.45, 2.75) is 26.8 Å². The summed E-state index contributed by atoms with van der Waals surface area (Å²) in [7, 11) is 0. The van der Waals surface area contributed by atoms with Gasteiger partial charge in [0.05, 0.1) is 12.3 Å². The van der Waals surface area contributed by atoms with E-state index in [-0.39, 0.29) is 5.28 Å². The zero-order chi connectivity index (χ0) is 14.5. The lowest BCUT2D eigenvalue weighted by Gasteiger charge is -2.26. The van der Waals surface area contributed by atoms with Crippen LogP contribution in [-0.4, -0.2) is 46.5 Å². The molecule has 1 aliphatic heterocycles. The van der Waals surface area contributed by atoms with Crippen LogP contribution in [0.4, 0.5) is 5.82 Å². The molecule has 1 aromatic rings. The Bertz CT molecular complexity index is 528. The van der Waals surface area contributed by atoms with E-state index in [0.29, 0.717) is 25.2 Å². The average molecular weight is 295 g/mol. The van der Waals surface area contributed by atoms with Crippen molar-refractivity contribution in [3.8, 4) is 0 Å². The molecule has 20 heavy (non-hydrogen) atoms. The number of nitrogens with zero attached hydrogens (tertiary/aromatic N) is 4. The lowest BCUT2D eigenvalue weighted by atomic mass is 10.2. The third-order valence-electron chi connectivity index (χ3n) is 3.05. The molecule has 0 fully saturated rings. The quantitative estimate of drug-likeness (QED) is 0.787. The highest BCUT2D eigenvalue weighted by molar-refractivity contribution is 6.28. The molecule has 1 aliphatic rings. The van der Waals surface area contributed by atoms with Crippen molar-refractivity contribution >= 4 is 23.1 Å². The highest BCUT2D eigenvalue weighted by Gasteiger charge is 2.11. The van der Waals surface area contributed by atoms with E-state index in [1.165, 1.54) is 0 Å². The van der Waals surface area contributed by atoms with Crippen LogP contribution in [0, 0.1) is 6.92 Å². The smallest absolute Gasteiger partial charge is 0.224 e. The summed E-state index contributed by atoms with van der Waals surface area (Å²) in [5, 5.41) is 0.205. The van der Waals surface area contributed by atoms with Gasteiger partial charge in [0.2, 0.25) is 5.28 Å². The zero-order valence-corrected chi connectivity index (χ0v) is 12.8. The fourth-order valence-electron chi connectivity index (χ4n) is 1.78. The van der Waals surface area contributed by atoms with Crippen LogP contribution in [0.25, 0.3) is 0 Å². The number of halogens is 1. The van der Waals surface area contributed by atoms with Gasteiger partial charge in [-0.2, -0.15) is 4.98 Å². The minimum atomic E-state index is 0.205. The van der Waals surface area contributed by atoms with Gasteiger partial charge < -0.3 is 4.74 Å². The fraction of sp³-hybridized carbons (Fsp3) is 0.500. The summed E-state index contributed by atoms with van der Waals surface area (Å²) >= 11 is 5.80. The van der Waals surface area contributed by atoms with E-state index in [4.69, 9.17) is 16.3 Å². The molecule has 0 unspecified atom stereocenters. The third-order valence-corrected chi connectivity index (χ3v) is 3.23. The van der Waals surface area contributed by atoms with Crippen molar-refractivity contribution in [1.82, 2.24) is 14.9 Å². The number of aryl methyl sites for hydroxylation is 1. The standard InChI is InChI=1S/C14H19ClN4O/c1-10(2)19-6-4-5-12(8-20-9-19)17-13-11(3)7-16-14(15)18-13/h4-5,7,10H,6,8-9H2,1-3H3/b5-4-,17-12?. The van der Waals surface area contributed by atoms with E-state index >= 15 is 0 Å². The molecule has 2 heterocycles. The molecule has 0 amide bonds. The van der Waals surface area contributed by atoms with Crippen LogP contribution in [0.3, 0.4) is 0 Å². The normalized spacial score (nSPS) is 20.9. The molecule has 6 heteroatoms. The Kier molecular flexibility index (Phi) is 5.23. The summed E-state index contributed by atoms with van der Waals surface area (Å²) in [5.74, 6) is 0.592. The lowest BCUT2D eigenvalue weighted by Crippen LogP contribution is -2.35. The van der Waals surface area contributed by atoms with Gasteiger partial charge in [0.25, 0.3) is 0 Å². The Morgan fingerprint density at radius 2 is 2.25 bits per heavy atom. The average Bonchev–Trinajstić information content (AvgIpc) is 2.36. The number of aromatic nitrogens is 2. The van der Waals surface area contributed by atoms with Gasteiger partial charge in [0, 0.05) is 24.3 Å². The molecule has 0 aliphatic carbocycles. The lowest BCUT2D eigenvalue weighted by molar-refractivity contribution is 0.0369. The van der Waals surface area contributed by atoms with E-state index in [1.54, 1.807) is 6.20 Å². The Morgan fingerprint density at radius 1 is 1.45 bits per heavy atom. The number of aliphatic imine (C=N–C) groups is 1. The first kappa shape index (κ1) is 15.1. The third kappa shape index (κ3) is 4.10. The van der Waals surface area contributed by atoms with Crippen molar-refractivity contribution in [2.24, 2.45) is 4.99 Å². The maximum atomic E-state index is 5.80. The molecule has 0 atom stereocenters. The number of ether oxygens (including phenoxy) is 1. The van der Waals surface area contributed by atoms with Gasteiger partial charge in [0.15, 0.2) is 5.82 Å². The van der Waals surface area contributed by atoms with Crippen molar-refractivity contribution in [2.75, 3.05) is 19.9 Å². The first-order valence-electron chi connectivity index (χ1n) is 6.61. The van der Waals surface area contributed by atoms with Gasteiger partial charge in [-0.25, -0.2) is 9.98 Å². The van der Waals surface area contributed by atoms with E-state index in [9.17, 15) is 0 Å². The van der Waals surface area contributed by atoms with Crippen molar-refractivity contribution in [3.05, 3.63) is 29.2 Å². The summed E-state index contributed by atoms with van der Waals surface area (Å²) in [6.07, 6.45) is 5.74. The van der Waals surface area contributed by atoms with Crippen molar-refractivity contribution in [1.29, 1.82) is 0 Å². The van der Waals surface area contributed by atoms with Crippen LogP contribution < -0.4 is 0 Å². The first-order valence-corrected chi connectivity index (χ1v) is 6.99. The van der Waals surface area contributed by atoms with E-state index in [1.807, 2.05) is 13.0 Å². The summed E-state index contributed by atoms with van der Waals surface area (Å²) < 4.78 is 5.67. The van der Waals surface area contributed by atoms with E-state index < -0.39 is 0 Å². The van der Waals surface area contributed by atoms with Gasteiger partial charge in [-0.3, -0.25) is 4.90 Å². The second-order valence-corrected chi connectivity index (χ2v) is 5.33. The second kappa shape index (κ2) is 6.92. The van der Waals surface area contributed by atoms with Crippen LogP contribution in [-0.2, 0) is 4.74 Å². The Morgan fingerprint density at radius 3 is 3.00 bits per heavy atom. The van der Waals surface area contributed by atoms with Crippen molar-refractivity contribution in [3.63, 3.8) is 0 Å². The monoisotopic (exact) mass is 294 g/mol. The van der Waals surface area contributed by atoms with Crippen LogP contribution >= 0.6 is 11.6 Å². The van der Waals surface area contributed by atoms with Gasteiger partial charge in [-0.15, -0.1) is 0 Å². The van der Waals surface area contributed by atoms with E-state index in [2.05, 4.69) is 39.8 Å². The van der Waals surface area contributed by atoms with Gasteiger partial charge in [0.1, 0.15) is 6.73 Å². The number of rotatable bonds is 2. The molecule has 0 spiro atoms. The largest absolute Gasteiger partial charge is 0.360 e. The predicted octanol–water partition coefficient (Wildman–Crippen LogP) is 2.77. The van der Waals surface area contributed by atoms with E-state index in [0.717, 1.165) is 17.8 Å². The molecule has 0 saturated carbocycles. The van der Waals surface area contributed by atoms with Crippen LogP contribution in [0.2, 0.25) is 5.28 Å². The zero-order valence-electron chi connectivity index (χ0n) is 12.0. The highest BCUT2D eigenvalue weighted by Crippen LogP contribution is 2.17. The molecule has 1 aromatic heterocycles. The molecule has 0 radical (unpaired) electrons. The summed E-state index contributed by atoms with van der Waals surface area (Å²) in [4.78, 5) is 14.8. The molecule has 2 rings (SSSR count).